The molecule has 0 saturated heterocycles. The smallest absolute Gasteiger partial charge is 0.305 e. The molecule has 0 spiro atoms. The predicted molar refractivity (Wildman–Crippen MR) is 103 cm³/mol. The van der Waals surface area contributed by atoms with E-state index < -0.39 is 18.2 Å². The van der Waals surface area contributed by atoms with Gasteiger partial charge >= 0.3 is 5.97 Å². The van der Waals surface area contributed by atoms with E-state index in [1.165, 1.54) is 12.8 Å². The van der Waals surface area contributed by atoms with E-state index >= 15 is 0 Å². The van der Waals surface area contributed by atoms with E-state index in [0.29, 0.717) is 42.6 Å². The van der Waals surface area contributed by atoms with Gasteiger partial charge in [-0.15, -0.1) is 0 Å². The van der Waals surface area contributed by atoms with E-state index in [1.54, 1.807) is 0 Å². The molecule has 27 heavy (non-hydrogen) atoms. The third kappa shape index (κ3) is 6.75. The lowest BCUT2D eigenvalue weighted by Gasteiger charge is -2.47. The molecular weight excluding hydrogens is 346 g/mol. The second kappa shape index (κ2) is 10.4. The van der Waals surface area contributed by atoms with Crippen molar-refractivity contribution in [1.82, 2.24) is 5.32 Å². The van der Waals surface area contributed by atoms with E-state index in [-0.39, 0.29) is 18.7 Å². The van der Waals surface area contributed by atoms with Crippen LogP contribution in [0.4, 0.5) is 0 Å². The lowest BCUT2D eigenvalue weighted by Crippen LogP contribution is -2.45. The first-order valence-corrected chi connectivity index (χ1v) is 10.7. The molecule has 2 aliphatic carbocycles. The average molecular weight is 384 g/mol. The monoisotopic (exact) mass is 383 g/mol. The zero-order chi connectivity index (χ0) is 20.0. The summed E-state index contributed by atoms with van der Waals surface area (Å²) in [5, 5.41) is 31.8. The summed E-state index contributed by atoms with van der Waals surface area (Å²) in [4.78, 5) is 22.3. The second-order valence-electron chi connectivity index (χ2n) is 8.79. The summed E-state index contributed by atoms with van der Waals surface area (Å²) in [5.74, 6) is 1.60. The number of aliphatic carboxylic acids is 1. The molecule has 6 heteroatoms. The van der Waals surface area contributed by atoms with Crippen LogP contribution in [0.5, 0.6) is 0 Å². The summed E-state index contributed by atoms with van der Waals surface area (Å²) in [5.41, 5.74) is 0. The van der Waals surface area contributed by atoms with Crippen molar-refractivity contribution in [3.05, 3.63) is 0 Å². The van der Waals surface area contributed by atoms with Crippen molar-refractivity contribution >= 4 is 11.9 Å². The summed E-state index contributed by atoms with van der Waals surface area (Å²) < 4.78 is 0. The van der Waals surface area contributed by atoms with Gasteiger partial charge in [0.15, 0.2) is 0 Å². The topological polar surface area (TPSA) is 107 Å². The Labute approximate surface area is 162 Å². The molecule has 0 radical (unpaired) electrons. The molecule has 6 nitrogen and oxygen atoms in total. The fourth-order valence-corrected chi connectivity index (χ4v) is 5.36. The SMILES string of the molecule is CCC(=O)NC1CCC2C(CCC(C)C2CCC(O)CC(O)CC(=O)O)C1. The Morgan fingerprint density at radius 1 is 1.11 bits per heavy atom. The van der Waals surface area contributed by atoms with Gasteiger partial charge in [0.2, 0.25) is 5.91 Å². The van der Waals surface area contributed by atoms with Gasteiger partial charge in [0, 0.05) is 12.5 Å². The normalized spacial score (nSPS) is 33.0. The molecule has 1 amide bonds. The van der Waals surface area contributed by atoms with Crippen LogP contribution >= 0.6 is 0 Å². The minimum Gasteiger partial charge on any atom is -0.481 e. The standard InChI is InChI=1S/C21H37NO5/c1-3-20(25)22-15-6-8-19-14(10-15)5-4-13(2)18(19)9-7-16(23)11-17(24)12-21(26)27/h13-19,23-24H,3-12H2,1-2H3,(H,22,25)(H,26,27). The predicted octanol–water partition coefficient (Wildman–Crippen LogP) is 2.71. The number of hydrogen-bond acceptors (Lipinski definition) is 4. The number of rotatable bonds is 9. The molecule has 0 heterocycles. The first-order chi connectivity index (χ1) is 12.8. The molecule has 7 unspecified atom stereocenters. The van der Waals surface area contributed by atoms with Crippen molar-refractivity contribution < 1.29 is 24.9 Å². The highest BCUT2D eigenvalue weighted by atomic mass is 16.4. The molecule has 0 aromatic carbocycles. The van der Waals surface area contributed by atoms with E-state index in [1.807, 2.05) is 6.92 Å². The Morgan fingerprint density at radius 3 is 2.52 bits per heavy atom. The van der Waals surface area contributed by atoms with Gasteiger partial charge in [-0.1, -0.05) is 20.3 Å². The molecule has 2 fully saturated rings. The van der Waals surface area contributed by atoms with Gasteiger partial charge in [-0.3, -0.25) is 9.59 Å². The third-order valence-corrected chi connectivity index (χ3v) is 6.79. The quantitative estimate of drug-likeness (QED) is 0.490. The lowest BCUT2D eigenvalue weighted by molar-refractivity contribution is -0.139. The summed E-state index contributed by atoms with van der Waals surface area (Å²) in [7, 11) is 0. The van der Waals surface area contributed by atoms with Gasteiger partial charge in [-0.25, -0.2) is 0 Å². The largest absolute Gasteiger partial charge is 0.481 e. The summed E-state index contributed by atoms with van der Waals surface area (Å²) in [6.07, 6.45) is 5.92. The van der Waals surface area contributed by atoms with Crippen molar-refractivity contribution in [3.63, 3.8) is 0 Å². The van der Waals surface area contributed by atoms with Crippen LogP contribution in [0.2, 0.25) is 0 Å². The fraction of sp³-hybridized carbons (Fsp3) is 0.905. The van der Waals surface area contributed by atoms with Crippen molar-refractivity contribution in [2.45, 2.75) is 96.3 Å². The molecule has 0 bridgehead atoms. The second-order valence-corrected chi connectivity index (χ2v) is 8.79. The van der Waals surface area contributed by atoms with Crippen LogP contribution in [0.15, 0.2) is 0 Å². The van der Waals surface area contributed by atoms with Crippen LogP contribution in [0.3, 0.4) is 0 Å². The summed E-state index contributed by atoms with van der Waals surface area (Å²) in [6.45, 7) is 4.19. The maximum atomic E-state index is 11.7. The number of amides is 1. The number of aliphatic hydroxyl groups excluding tert-OH is 2. The number of carboxylic acids is 1. The molecule has 156 valence electrons. The molecule has 2 aliphatic rings. The Morgan fingerprint density at radius 2 is 1.85 bits per heavy atom. The number of hydrogen-bond donors (Lipinski definition) is 4. The molecule has 2 saturated carbocycles. The number of carboxylic acid groups (broad SMARTS) is 1. The van der Waals surface area contributed by atoms with E-state index in [4.69, 9.17) is 5.11 Å². The van der Waals surface area contributed by atoms with Crippen LogP contribution in [0.25, 0.3) is 0 Å². The highest BCUT2D eigenvalue weighted by Crippen LogP contribution is 2.48. The Bertz CT molecular complexity index is 497. The number of fused-ring (bicyclic) bond motifs is 1. The van der Waals surface area contributed by atoms with E-state index in [2.05, 4.69) is 12.2 Å². The zero-order valence-corrected chi connectivity index (χ0v) is 16.8. The minimum absolute atomic E-state index is 0.132. The van der Waals surface area contributed by atoms with Crippen molar-refractivity contribution in [2.24, 2.45) is 23.7 Å². The van der Waals surface area contributed by atoms with E-state index in [0.717, 1.165) is 25.7 Å². The van der Waals surface area contributed by atoms with Gasteiger partial charge in [-0.05, 0) is 68.6 Å². The van der Waals surface area contributed by atoms with Gasteiger partial charge in [0.05, 0.1) is 18.6 Å². The van der Waals surface area contributed by atoms with Crippen molar-refractivity contribution in [3.8, 4) is 0 Å². The summed E-state index contributed by atoms with van der Waals surface area (Å²) >= 11 is 0. The Kier molecular flexibility index (Phi) is 8.55. The fourth-order valence-electron chi connectivity index (χ4n) is 5.36. The van der Waals surface area contributed by atoms with Crippen LogP contribution in [-0.4, -0.2) is 45.4 Å². The molecule has 0 aromatic rings. The maximum absolute atomic E-state index is 11.7. The van der Waals surface area contributed by atoms with Gasteiger partial charge in [0.1, 0.15) is 0 Å². The molecule has 2 rings (SSSR count). The number of carbonyl (C=O) groups is 2. The van der Waals surface area contributed by atoms with Crippen LogP contribution in [-0.2, 0) is 9.59 Å². The number of nitrogens with one attached hydrogen (secondary N) is 1. The van der Waals surface area contributed by atoms with Gasteiger partial charge in [-0.2, -0.15) is 0 Å². The first-order valence-electron chi connectivity index (χ1n) is 10.7. The van der Waals surface area contributed by atoms with Gasteiger partial charge in [0.25, 0.3) is 0 Å². The molecular formula is C21H37NO5. The van der Waals surface area contributed by atoms with Crippen LogP contribution in [0.1, 0.15) is 78.1 Å². The Hall–Kier alpha value is -1.14. The molecule has 0 aromatic heterocycles. The van der Waals surface area contributed by atoms with E-state index in [9.17, 15) is 19.8 Å². The van der Waals surface area contributed by atoms with Gasteiger partial charge < -0.3 is 20.6 Å². The first kappa shape index (κ1) is 22.2. The highest BCUT2D eigenvalue weighted by Gasteiger charge is 2.41. The zero-order valence-electron chi connectivity index (χ0n) is 16.8. The number of aliphatic hydroxyl groups is 2. The summed E-state index contributed by atoms with van der Waals surface area (Å²) in [6, 6.07) is 0.310. The molecule has 7 atom stereocenters. The van der Waals surface area contributed by atoms with Crippen LogP contribution in [0, 0.1) is 23.7 Å². The lowest BCUT2D eigenvalue weighted by atomic mass is 9.60. The highest BCUT2D eigenvalue weighted by molar-refractivity contribution is 5.75. The minimum atomic E-state index is -1.04. The maximum Gasteiger partial charge on any atom is 0.305 e. The number of carbonyl (C=O) groups excluding carboxylic acids is 1. The average Bonchev–Trinajstić information content (AvgIpc) is 2.60. The van der Waals surface area contributed by atoms with Crippen molar-refractivity contribution in [1.29, 1.82) is 0 Å². The third-order valence-electron chi connectivity index (χ3n) is 6.79. The Balaban J connectivity index is 1.83. The van der Waals surface area contributed by atoms with Crippen LogP contribution < -0.4 is 5.32 Å². The molecule has 0 aliphatic heterocycles. The van der Waals surface area contributed by atoms with Crippen molar-refractivity contribution in [2.75, 3.05) is 0 Å². The molecule has 4 N–H and O–H groups in total.